The second kappa shape index (κ2) is 30.1. The Labute approximate surface area is 433 Å². The highest BCUT2D eigenvalue weighted by atomic mass is 35.5. The summed E-state index contributed by atoms with van der Waals surface area (Å²) in [5, 5.41) is 47.3. The normalized spacial score (nSPS) is 14.9. The number of carbonyl (C=O) groups is 10. The van der Waals surface area contributed by atoms with Crippen LogP contribution < -0.4 is 37.2 Å². The lowest BCUT2D eigenvalue weighted by Gasteiger charge is -2.32. The third-order valence-electron chi connectivity index (χ3n) is 12.2. The molecule has 1 aliphatic rings. The van der Waals surface area contributed by atoms with Gasteiger partial charge in [-0.15, -0.1) is 0 Å². The Morgan fingerprint density at radius 2 is 1.08 bits per heavy atom. The number of benzene rings is 3. The fraction of sp³-hybridized carbons (Fsp3) is 0.451. The van der Waals surface area contributed by atoms with Gasteiger partial charge in [0, 0.05) is 43.0 Å². The molecule has 0 radical (unpaired) electrons. The topological polar surface area (TPSA) is 316 Å². The van der Waals surface area contributed by atoms with Crippen LogP contribution in [0.5, 0.6) is 0 Å². The van der Waals surface area contributed by atoms with Crippen LogP contribution in [0, 0.1) is 5.92 Å². The van der Waals surface area contributed by atoms with Gasteiger partial charge in [0.25, 0.3) is 0 Å². The smallest absolute Gasteiger partial charge is 0.305 e. The number of rotatable bonds is 29. The summed E-state index contributed by atoms with van der Waals surface area (Å²) in [5.74, 6) is -11.6. The van der Waals surface area contributed by atoms with Crippen molar-refractivity contribution in [2.24, 2.45) is 5.92 Å². The standard InChI is InChI=1S/C51H64ClN7O13S/c1-30(60)54-39(28-43(65)66)50(71)55-37(21-23-42(63)64)48(69)59-45(44(33-15-7-3-8-16-33)34-17-9-4-10-18-34)51(72)56-36(20-22-41(61)62)47(68)57-38(27-31-12-5-2-6-13-31)49(70)58-40(29-73)46(67)53-25-24-32-14-11-19-35(52)26-32/h3-4,7-11,14-19,26,31,36-40,44-45,73H,2,5-6,12-13,20-25,27-29H2,1H3,(H,53,67)(H,54,60)(H,55,71)(H,56,72)(H,57,68)(H,58,70)(H,59,69)(H,61,62)(H,63,64)(H,65,66)/t36-,37-,38-,39-,40-,45-/m0/s1. The molecule has 0 bridgehead atoms. The van der Waals surface area contributed by atoms with Crippen molar-refractivity contribution >= 4 is 83.5 Å². The molecule has 0 spiro atoms. The van der Waals surface area contributed by atoms with E-state index in [9.17, 15) is 63.3 Å². The van der Waals surface area contributed by atoms with Crippen molar-refractivity contribution in [2.45, 2.75) is 126 Å². The van der Waals surface area contributed by atoms with Crippen LogP contribution in [0.4, 0.5) is 0 Å². The minimum atomic E-state index is -1.73. The number of nitrogens with one attached hydrogen (secondary N) is 7. The van der Waals surface area contributed by atoms with Gasteiger partial charge in [0.1, 0.15) is 36.3 Å². The van der Waals surface area contributed by atoms with E-state index in [4.69, 9.17) is 11.6 Å². The summed E-state index contributed by atoms with van der Waals surface area (Å²) in [6.45, 7) is 1.25. The van der Waals surface area contributed by atoms with Crippen molar-refractivity contribution in [3.05, 3.63) is 107 Å². The van der Waals surface area contributed by atoms with Crippen molar-refractivity contribution in [2.75, 3.05) is 12.3 Å². The predicted octanol–water partition coefficient (Wildman–Crippen LogP) is 2.86. The molecule has 0 unspecified atom stereocenters. The van der Waals surface area contributed by atoms with Crippen molar-refractivity contribution in [3.8, 4) is 0 Å². The lowest BCUT2D eigenvalue weighted by molar-refractivity contribution is -0.141. The van der Waals surface area contributed by atoms with E-state index in [2.05, 4.69) is 49.8 Å². The zero-order valence-corrected chi connectivity index (χ0v) is 42.0. The van der Waals surface area contributed by atoms with Gasteiger partial charge in [-0.05, 0) is 60.4 Å². The van der Waals surface area contributed by atoms with Crippen LogP contribution in [0.25, 0.3) is 0 Å². The van der Waals surface area contributed by atoms with Crippen LogP contribution in [0.3, 0.4) is 0 Å². The Bertz CT molecular complexity index is 2340. The molecule has 0 saturated heterocycles. The minimum absolute atomic E-state index is 0.0119. The average Bonchev–Trinajstić information content (AvgIpc) is 3.35. The first-order chi connectivity index (χ1) is 34.8. The number of aliphatic carboxylic acids is 3. The van der Waals surface area contributed by atoms with E-state index in [1.807, 2.05) is 6.07 Å². The summed E-state index contributed by atoms with van der Waals surface area (Å²) in [7, 11) is 0. The second-order valence-corrected chi connectivity index (χ2v) is 18.6. The summed E-state index contributed by atoms with van der Waals surface area (Å²) < 4.78 is 0. The Morgan fingerprint density at radius 3 is 1.60 bits per heavy atom. The van der Waals surface area contributed by atoms with Gasteiger partial charge in [-0.25, -0.2) is 0 Å². The molecule has 22 heteroatoms. The number of amides is 7. The first kappa shape index (κ1) is 58.6. The predicted molar refractivity (Wildman–Crippen MR) is 271 cm³/mol. The molecule has 1 saturated carbocycles. The Kier molecular flexibility index (Phi) is 24.2. The molecular formula is C51H64ClN7O13S. The molecule has 1 fully saturated rings. The zero-order valence-electron chi connectivity index (χ0n) is 40.4. The van der Waals surface area contributed by atoms with Gasteiger partial charge in [0.15, 0.2) is 0 Å². The summed E-state index contributed by atoms with van der Waals surface area (Å²) >= 11 is 10.4. The maximum Gasteiger partial charge on any atom is 0.305 e. The van der Waals surface area contributed by atoms with Crippen LogP contribution in [-0.2, 0) is 54.4 Å². The Hall–Kier alpha value is -7.00. The van der Waals surface area contributed by atoms with E-state index >= 15 is 0 Å². The lowest BCUT2D eigenvalue weighted by Crippen LogP contribution is -2.61. The number of hydrogen-bond acceptors (Lipinski definition) is 11. The van der Waals surface area contributed by atoms with E-state index in [1.54, 1.807) is 78.9 Å². The van der Waals surface area contributed by atoms with E-state index in [0.717, 1.165) is 44.6 Å². The van der Waals surface area contributed by atoms with Gasteiger partial charge < -0.3 is 52.5 Å². The molecule has 73 heavy (non-hydrogen) atoms. The van der Waals surface area contributed by atoms with Crippen LogP contribution in [-0.4, -0.2) is 123 Å². The fourth-order valence-corrected chi connectivity index (χ4v) is 9.03. The van der Waals surface area contributed by atoms with Crippen molar-refractivity contribution < 1.29 is 63.3 Å². The van der Waals surface area contributed by atoms with Gasteiger partial charge in [-0.3, -0.25) is 47.9 Å². The molecule has 3 aromatic rings. The van der Waals surface area contributed by atoms with Crippen molar-refractivity contribution in [3.63, 3.8) is 0 Å². The molecule has 1 aliphatic carbocycles. The highest BCUT2D eigenvalue weighted by Gasteiger charge is 2.39. The SMILES string of the molecule is CC(=O)N[C@@H](CC(=O)O)C(=O)N[C@@H](CCC(=O)O)C(=O)N[C@H](C(=O)N[C@@H](CCC(=O)O)C(=O)N[C@@H](CC1CCCCC1)C(=O)N[C@@H](CS)C(=O)NCCc1cccc(Cl)c1)C(c1ccccc1)c1ccccc1. The van der Waals surface area contributed by atoms with E-state index in [0.29, 0.717) is 22.6 Å². The van der Waals surface area contributed by atoms with Gasteiger partial charge in [0.2, 0.25) is 41.4 Å². The van der Waals surface area contributed by atoms with Gasteiger partial charge in [0.05, 0.1) is 6.42 Å². The third kappa shape index (κ3) is 20.2. The van der Waals surface area contributed by atoms with Gasteiger partial charge in [-0.1, -0.05) is 117 Å². The number of halogens is 1. The van der Waals surface area contributed by atoms with Crippen LogP contribution in [0.1, 0.15) is 100 Å². The first-order valence-corrected chi connectivity index (χ1v) is 25.0. The quantitative estimate of drug-likeness (QED) is 0.0447. The molecule has 10 N–H and O–H groups in total. The summed E-state index contributed by atoms with van der Waals surface area (Å²) in [6, 6.07) is 14.7. The van der Waals surface area contributed by atoms with Crippen molar-refractivity contribution in [1.82, 2.24) is 37.2 Å². The Morgan fingerprint density at radius 1 is 0.575 bits per heavy atom. The summed E-state index contributed by atoms with van der Waals surface area (Å²) in [6.07, 6.45) is 1.58. The van der Waals surface area contributed by atoms with E-state index in [-0.39, 0.29) is 24.6 Å². The minimum Gasteiger partial charge on any atom is -0.481 e. The molecule has 394 valence electrons. The largest absolute Gasteiger partial charge is 0.481 e. The first-order valence-electron chi connectivity index (χ1n) is 24.0. The number of carbonyl (C=O) groups excluding carboxylic acids is 7. The Balaban J connectivity index is 1.69. The molecule has 0 aromatic heterocycles. The lowest BCUT2D eigenvalue weighted by atomic mass is 9.84. The molecule has 0 heterocycles. The molecule has 4 rings (SSSR count). The van der Waals surface area contributed by atoms with Crippen LogP contribution in [0.15, 0.2) is 84.9 Å². The monoisotopic (exact) mass is 1050 g/mol. The third-order valence-corrected chi connectivity index (χ3v) is 12.8. The van der Waals surface area contributed by atoms with Gasteiger partial charge in [-0.2, -0.15) is 12.6 Å². The van der Waals surface area contributed by atoms with Crippen molar-refractivity contribution in [1.29, 1.82) is 0 Å². The number of thiol groups is 1. The fourth-order valence-electron chi connectivity index (χ4n) is 8.56. The molecule has 0 aliphatic heterocycles. The average molecular weight is 1050 g/mol. The molecule has 7 amide bonds. The van der Waals surface area contributed by atoms with Crippen LogP contribution in [0.2, 0.25) is 5.02 Å². The number of carboxylic acids is 3. The highest BCUT2D eigenvalue weighted by molar-refractivity contribution is 7.80. The summed E-state index contributed by atoms with van der Waals surface area (Å²) in [4.78, 5) is 132. The summed E-state index contributed by atoms with van der Waals surface area (Å²) in [5.41, 5.74) is 1.81. The van der Waals surface area contributed by atoms with E-state index in [1.165, 1.54) is 0 Å². The van der Waals surface area contributed by atoms with Gasteiger partial charge >= 0.3 is 17.9 Å². The molecular weight excluding hydrogens is 986 g/mol. The van der Waals surface area contributed by atoms with E-state index < -0.39 is 134 Å². The molecule has 20 nitrogen and oxygen atoms in total. The second-order valence-electron chi connectivity index (χ2n) is 17.8. The van der Waals surface area contributed by atoms with Crippen LogP contribution >= 0.6 is 24.2 Å². The molecule has 6 atom stereocenters. The number of carboxylic acid groups (broad SMARTS) is 3. The highest BCUT2D eigenvalue weighted by Crippen LogP contribution is 2.30. The maximum absolute atomic E-state index is 15.0. The maximum atomic E-state index is 15.0. The zero-order chi connectivity index (χ0) is 53.5. The number of hydrogen-bond donors (Lipinski definition) is 11. The molecule has 3 aromatic carbocycles.